The van der Waals surface area contributed by atoms with Gasteiger partial charge in [-0.15, -0.1) is 11.8 Å². The molecule has 1 aliphatic carbocycles. The van der Waals surface area contributed by atoms with Crippen molar-refractivity contribution < 1.29 is 14.3 Å². The molecule has 0 bridgehead atoms. The largest absolute Gasteiger partial charge is 0.457 e. The maximum Gasteiger partial charge on any atom is 0.303 e. The van der Waals surface area contributed by atoms with E-state index in [2.05, 4.69) is 11.8 Å². The lowest BCUT2D eigenvalue weighted by Crippen LogP contribution is -2.24. The van der Waals surface area contributed by atoms with Crippen molar-refractivity contribution in [2.75, 3.05) is 0 Å². The fraction of sp³-hybridized carbons (Fsp3) is 0.500. The summed E-state index contributed by atoms with van der Waals surface area (Å²) in [6.45, 7) is 3.29. The third-order valence-corrected chi connectivity index (χ3v) is 2.14. The average molecular weight is 206 g/mol. The van der Waals surface area contributed by atoms with Crippen LogP contribution in [0.1, 0.15) is 26.7 Å². The van der Waals surface area contributed by atoms with Gasteiger partial charge in [0.05, 0.1) is 5.92 Å². The van der Waals surface area contributed by atoms with Crippen molar-refractivity contribution in [3.05, 3.63) is 12.2 Å². The highest BCUT2D eigenvalue weighted by molar-refractivity contribution is 5.95. The van der Waals surface area contributed by atoms with Crippen LogP contribution in [0.25, 0.3) is 0 Å². The van der Waals surface area contributed by atoms with Gasteiger partial charge in [0.2, 0.25) is 0 Å². The second-order valence-corrected chi connectivity index (χ2v) is 3.35. The fourth-order valence-electron chi connectivity index (χ4n) is 1.45. The van der Waals surface area contributed by atoms with Crippen LogP contribution in [0, 0.1) is 17.8 Å². The predicted molar refractivity (Wildman–Crippen MR) is 55.9 cm³/mol. The minimum absolute atomic E-state index is 0.00773. The second kappa shape index (κ2) is 5.35. The summed E-state index contributed by atoms with van der Waals surface area (Å²) in [7, 11) is 0. The van der Waals surface area contributed by atoms with Crippen molar-refractivity contribution in [3.63, 3.8) is 0 Å². The van der Waals surface area contributed by atoms with Gasteiger partial charge in [-0.2, -0.15) is 0 Å². The lowest BCUT2D eigenvalue weighted by atomic mass is 10.00. The molecule has 0 aliphatic heterocycles. The third-order valence-electron chi connectivity index (χ3n) is 2.14. The summed E-state index contributed by atoms with van der Waals surface area (Å²) in [6, 6.07) is 0. The Bertz CT molecular complexity index is 344. The van der Waals surface area contributed by atoms with Crippen LogP contribution in [0.15, 0.2) is 12.2 Å². The number of allylic oxidation sites excluding steroid dienone is 1. The van der Waals surface area contributed by atoms with Crippen LogP contribution < -0.4 is 0 Å². The van der Waals surface area contributed by atoms with E-state index in [1.807, 2.05) is 6.92 Å². The molecule has 3 nitrogen and oxygen atoms in total. The average Bonchev–Trinajstić information content (AvgIpc) is 2.49. The number of hydrogen-bond donors (Lipinski definition) is 0. The standard InChI is InChI=1S/C12H14O3/c1-3-4-5-6-10-11(14)7-8-12(10)15-9(2)13/h7-8,10,12H,3,6H2,1-2H3. The summed E-state index contributed by atoms with van der Waals surface area (Å²) in [6.07, 6.45) is 3.89. The molecule has 1 rings (SSSR count). The number of carbonyl (C=O) groups is 2. The first-order valence-electron chi connectivity index (χ1n) is 5.00. The van der Waals surface area contributed by atoms with E-state index in [0.717, 1.165) is 6.42 Å². The van der Waals surface area contributed by atoms with E-state index in [0.29, 0.717) is 6.42 Å². The van der Waals surface area contributed by atoms with E-state index >= 15 is 0 Å². The van der Waals surface area contributed by atoms with Crippen molar-refractivity contribution in [3.8, 4) is 11.8 Å². The Morgan fingerprint density at radius 3 is 2.87 bits per heavy atom. The summed E-state index contributed by atoms with van der Waals surface area (Å²) in [5, 5.41) is 0. The smallest absolute Gasteiger partial charge is 0.303 e. The predicted octanol–water partition coefficient (Wildman–Crippen LogP) is 1.48. The van der Waals surface area contributed by atoms with Crippen molar-refractivity contribution >= 4 is 11.8 Å². The van der Waals surface area contributed by atoms with Crippen molar-refractivity contribution in [2.24, 2.45) is 5.92 Å². The zero-order valence-electron chi connectivity index (χ0n) is 8.95. The van der Waals surface area contributed by atoms with Crippen LogP contribution >= 0.6 is 0 Å². The number of hydrogen-bond acceptors (Lipinski definition) is 3. The Kier molecular flexibility index (Phi) is 4.11. The second-order valence-electron chi connectivity index (χ2n) is 3.35. The maximum absolute atomic E-state index is 11.4. The molecule has 0 fully saturated rings. The van der Waals surface area contributed by atoms with E-state index in [9.17, 15) is 9.59 Å². The molecule has 0 amide bonds. The van der Waals surface area contributed by atoms with Gasteiger partial charge >= 0.3 is 5.97 Å². The molecule has 1 aliphatic rings. The van der Waals surface area contributed by atoms with Gasteiger partial charge < -0.3 is 4.74 Å². The third kappa shape index (κ3) is 3.25. The monoisotopic (exact) mass is 206 g/mol. The Labute approximate surface area is 89.5 Å². The Morgan fingerprint density at radius 1 is 1.53 bits per heavy atom. The molecule has 2 atom stereocenters. The minimum Gasteiger partial charge on any atom is -0.457 e. The first-order valence-corrected chi connectivity index (χ1v) is 5.00. The minimum atomic E-state index is -0.429. The van der Waals surface area contributed by atoms with Gasteiger partial charge in [-0.25, -0.2) is 0 Å². The molecule has 0 spiro atoms. The van der Waals surface area contributed by atoms with E-state index < -0.39 is 6.10 Å². The van der Waals surface area contributed by atoms with Gasteiger partial charge in [-0.05, 0) is 12.2 Å². The zero-order valence-corrected chi connectivity index (χ0v) is 8.95. The van der Waals surface area contributed by atoms with Gasteiger partial charge in [0.25, 0.3) is 0 Å². The topological polar surface area (TPSA) is 43.4 Å². The molecule has 0 aromatic heterocycles. The SMILES string of the molecule is CCC#CCC1C(=O)C=CC1OC(C)=O. The van der Waals surface area contributed by atoms with E-state index in [1.165, 1.54) is 13.0 Å². The molecule has 0 saturated heterocycles. The number of esters is 1. The molecular weight excluding hydrogens is 192 g/mol. The van der Waals surface area contributed by atoms with Crippen molar-refractivity contribution in [2.45, 2.75) is 32.8 Å². The molecule has 0 aromatic rings. The number of ketones is 1. The fourth-order valence-corrected chi connectivity index (χ4v) is 1.45. The van der Waals surface area contributed by atoms with Gasteiger partial charge in [0.1, 0.15) is 6.10 Å². The maximum atomic E-state index is 11.4. The zero-order chi connectivity index (χ0) is 11.3. The summed E-state index contributed by atoms with van der Waals surface area (Å²) >= 11 is 0. The first kappa shape index (κ1) is 11.5. The van der Waals surface area contributed by atoms with Gasteiger partial charge in [0, 0.05) is 19.8 Å². The number of carbonyl (C=O) groups excluding carboxylic acids is 2. The quantitative estimate of drug-likeness (QED) is 0.507. The molecule has 3 heteroatoms. The highest BCUT2D eigenvalue weighted by Crippen LogP contribution is 2.21. The molecule has 15 heavy (non-hydrogen) atoms. The Balaban J connectivity index is 2.59. The van der Waals surface area contributed by atoms with Crippen molar-refractivity contribution in [1.29, 1.82) is 0 Å². The van der Waals surface area contributed by atoms with Crippen LogP contribution in [0.3, 0.4) is 0 Å². The molecule has 80 valence electrons. The van der Waals surface area contributed by atoms with Gasteiger partial charge in [-0.3, -0.25) is 9.59 Å². The van der Waals surface area contributed by atoms with Crippen molar-refractivity contribution in [1.82, 2.24) is 0 Å². The lowest BCUT2D eigenvalue weighted by Gasteiger charge is -2.15. The normalized spacial score (nSPS) is 23.5. The first-order chi connectivity index (χ1) is 7.15. The molecule has 0 N–H and O–H groups in total. The van der Waals surface area contributed by atoms with Crippen LogP contribution in [-0.2, 0) is 14.3 Å². The van der Waals surface area contributed by atoms with E-state index in [1.54, 1.807) is 6.08 Å². The van der Waals surface area contributed by atoms with Crippen LogP contribution in [0.4, 0.5) is 0 Å². The Morgan fingerprint density at radius 2 is 2.27 bits per heavy atom. The van der Waals surface area contributed by atoms with Gasteiger partial charge in [0.15, 0.2) is 5.78 Å². The highest BCUT2D eigenvalue weighted by Gasteiger charge is 2.31. The Hall–Kier alpha value is -1.56. The lowest BCUT2D eigenvalue weighted by molar-refractivity contribution is -0.146. The van der Waals surface area contributed by atoms with Gasteiger partial charge in [-0.1, -0.05) is 6.92 Å². The summed E-state index contributed by atoms with van der Waals surface area (Å²) in [4.78, 5) is 22.2. The number of ether oxygens (including phenoxy) is 1. The molecule has 2 unspecified atom stereocenters. The van der Waals surface area contributed by atoms with E-state index in [4.69, 9.17) is 4.74 Å². The molecule has 0 saturated carbocycles. The molecular formula is C12H14O3. The summed E-state index contributed by atoms with van der Waals surface area (Å²) in [5.41, 5.74) is 0. The highest BCUT2D eigenvalue weighted by atomic mass is 16.5. The molecule has 0 aromatic carbocycles. The number of rotatable bonds is 2. The summed E-state index contributed by atoms with van der Waals surface area (Å²) in [5.74, 6) is 5.12. The van der Waals surface area contributed by atoms with E-state index in [-0.39, 0.29) is 17.7 Å². The molecule has 0 radical (unpaired) electrons. The van der Waals surface area contributed by atoms with Crippen LogP contribution in [0.5, 0.6) is 0 Å². The van der Waals surface area contributed by atoms with Crippen LogP contribution in [-0.4, -0.2) is 17.9 Å². The molecule has 0 heterocycles. The van der Waals surface area contributed by atoms with Crippen LogP contribution in [0.2, 0.25) is 0 Å². The summed E-state index contributed by atoms with van der Waals surface area (Å²) < 4.78 is 5.01.